The van der Waals surface area contributed by atoms with Crippen LogP contribution in [0.2, 0.25) is 0 Å². The van der Waals surface area contributed by atoms with E-state index in [0.717, 1.165) is 10.2 Å². The van der Waals surface area contributed by atoms with E-state index >= 15 is 0 Å². The van der Waals surface area contributed by atoms with Crippen molar-refractivity contribution in [1.82, 2.24) is 4.98 Å². The van der Waals surface area contributed by atoms with Gasteiger partial charge in [0.2, 0.25) is 0 Å². The molecular formula is C11H7BrN2OS. The van der Waals surface area contributed by atoms with Gasteiger partial charge in [-0.2, -0.15) is 5.26 Å². The number of aromatic nitrogens is 1. The molecule has 0 amide bonds. The van der Waals surface area contributed by atoms with E-state index in [1.54, 1.807) is 17.6 Å². The molecule has 0 aliphatic rings. The number of nitriles is 1. The Balaban J connectivity index is 2.13. The zero-order valence-electron chi connectivity index (χ0n) is 8.18. The molecule has 1 aromatic carbocycles. The molecular weight excluding hydrogens is 288 g/mol. The highest BCUT2D eigenvalue weighted by Gasteiger charge is 2.04. The molecule has 0 aliphatic carbocycles. The summed E-state index contributed by atoms with van der Waals surface area (Å²) in [6.07, 6.45) is 0. The minimum atomic E-state index is 0.389. The first-order chi connectivity index (χ1) is 7.79. The van der Waals surface area contributed by atoms with E-state index in [1.165, 1.54) is 11.3 Å². The van der Waals surface area contributed by atoms with Crippen molar-refractivity contribution in [2.45, 2.75) is 6.61 Å². The van der Waals surface area contributed by atoms with Crippen molar-refractivity contribution in [2.75, 3.05) is 0 Å². The summed E-state index contributed by atoms with van der Waals surface area (Å²) in [7, 11) is 0. The fourth-order valence-corrected chi connectivity index (χ4v) is 2.08. The molecule has 0 unspecified atom stereocenters. The lowest BCUT2D eigenvalue weighted by Crippen LogP contribution is -1.97. The molecule has 0 radical (unpaired) electrons. The largest absolute Gasteiger partial charge is 0.486 e. The van der Waals surface area contributed by atoms with Gasteiger partial charge in [0.15, 0.2) is 0 Å². The third-order valence-corrected chi connectivity index (χ3v) is 3.05. The molecule has 2 rings (SSSR count). The maximum absolute atomic E-state index is 8.94. The zero-order chi connectivity index (χ0) is 11.4. The number of thiazole rings is 1. The highest BCUT2D eigenvalue weighted by atomic mass is 79.9. The predicted molar refractivity (Wildman–Crippen MR) is 65.3 cm³/mol. The lowest BCUT2D eigenvalue weighted by Gasteiger charge is -2.06. The first-order valence-corrected chi connectivity index (χ1v) is 6.22. The van der Waals surface area contributed by atoms with Gasteiger partial charge in [-0.3, -0.25) is 0 Å². The Labute approximate surface area is 105 Å². The number of benzene rings is 1. The van der Waals surface area contributed by atoms with Crippen molar-refractivity contribution in [3.05, 3.63) is 44.8 Å². The van der Waals surface area contributed by atoms with Crippen LogP contribution in [0.5, 0.6) is 5.75 Å². The Morgan fingerprint density at radius 2 is 2.38 bits per heavy atom. The van der Waals surface area contributed by atoms with Gasteiger partial charge < -0.3 is 4.74 Å². The molecule has 80 valence electrons. The average Bonchev–Trinajstić information content (AvgIpc) is 2.80. The average molecular weight is 295 g/mol. The summed E-state index contributed by atoms with van der Waals surface area (Å²) in [5.41, 5.74) is 3.15. The molecule has 3 nitrogen and oxygen atoms in total. The quantitative estimate of drug-likeness (QED) is 0.872. The van der Waals surface area contributed by atoms with Crippen molar-refractivity contribution < 1.29 is 4.74 Å². The van der Waals surface area contributed by atoms with Crippen LogP contribution >= 0.6 is 27.3 Å². The fourth-order valence-electron chi connectivity index (χ4n) is 1.18. The van der Waals surface area contributed by atoms with Crippen molar-refractivity contribution in [3.63, 3.8) is 0 Å². The first-order valence-electron chi connectivity index (χ1n) is 4.49. The standard InChI is InChI=1S/C11H7BrN2OS/c12-9-1-2-11(8(3-9)4-13)15-5-10-6-16-7-14-10/h1-3,6-7H,5H2. The van der Waals surface area contributed by atoms with E-state index < -0.39 is 0 Å². The predicted octanol–water partition coefficient (Wildman–Crippen LogP) is 3.36. The Morgan fingerprint density at radius 3 is 3.06 bits per heavy atom. The summed E-state index contributed by atoms with van der Waals surface area (Å²) >= 11 is 4.83. The van der Waals surface area contributed by atoms with E-state index in [0.29, 0.717) is 17.9 Å². The van der Waals surface area contributed by atoms with E-state index in [9.17, 15) is 0 Å². The summed E-state index contributed by atoms with van der Waals surface area (Å²) in [6, 6.07) is 7.44. The molecule has 0 saturated heterocycles. The van der Waals surface area contributed by atoms with Crippen LogP contribution in [0, 0.1) is 11.3 Å². The highest BCUT2D eigenvalue weighted by molar-refractivity contribution is 9.10. The molecule has 0 bridgehead atoms. The maximum Gasteiger partial charge on any atom is 0.137 e. The molecule has 0 aliphatic heterocycles. The Hall–Kier alpha value is -1.38. The van der Waals surface area contributed by atoms with Crippen molar-refractivity contribution in [2.24, 2.45) is 0 Å². The third-order valence-electron chi connectivity index (χ3n) is 1.92. The normalized spacial score (nSPS) is 9.75. The minimum absolute atomic E-state index is 0.389. The van der Waals surface area contributed by atoms with Crippen LogP contribution in [0.3, 0.4) is 0 Å². The number of rotatable bonds is 3. The van der Waals surface area contributed by atoms with Crippen LogP contribution in [-0.4, -0.2) is 4.98 Å². The van der Waals surface area contributed by atoms with Crippen molar-refractivity contribution in [3.8, 4) is 11.8 Å². The van der Waals surface area contributed by atoms with E-state index in [4.69, 9.17) is 10.00 Å². The van der Waals surface area contributed by atoms with Gasteiger partial charge in [0, 0.05) is 9.85 Å². The summed E-state index contributed by atoms with van der Waals surface area (Å²) in [4.78, 5) is 4.11. The van der Waals surface area contributed by atoms with E-state index in [1.807, 2.05) is 11.4 Å². The van der Waals surface area contributed by atoms with E-state index in [-0.39, 0.29) is 0 Å². The van der Waals surface area contributed by atoms with Crippen LogP contribution in [0.25, 0.3) is 0 Å². The molecule has 2 aromatic rings. The molecule has 1 heterocycles. The fraction of sp³-hybridized carbons (Fsp3) is 0.0909. The molecule has 0 N–H and O–H groups in total. The number of ether oxygens (including phenoxy) is 1. The first kappa shape index (κ1) is 11.1. The van der Waals surface area contributed by atoms with Crippen LogP contribution in [-0.2, 0) is 6.61 Å². The van der Waals surface area contributed by atoms with Crippen LogP contribution < -0.4 is 4.74 Å². The molecule has 0 atom stereocenters. The van der Waals surface area contributed by atoms with E-state index in [2.05, 4.69) is 27.0 Å². The minimum Gasteiger partial charge on any atom is -0.486 e. The molecule has 0 saturated carbocycles. The van der Waals surface area contributed by atoms with Gasteiger partial charge in [-0.15, -0.1) is 11.3 Å². The third kappa shape index (κ3) is 2.60. The lowest BCUT2D eigenvalue weighted by molar-refractivity contribution is 0.301. The Morgan fingerprint density at radius 1 is 1.50 bits per heavy atom. The molecule has 1 aromatic heterocycles. The summed E-state index contributed by atoms with van der Waals surface area (Å²) in [5.74, 6) is 0.582. The van der Waals surface area contributed by atoms with Gasteiger partial charge in [0.1, 0.15) is 18.4 Å². The monoisotopic (exact) mass is 294 g/mol. The van der Waals surface area contributed by atoms with Gasteiger partial charge in [-0.25, -0.2) is 4.98 Å². The number of nitrogens with zero attached hydrogens (tertiary/aromatic N) is 2. The van der Waals surface area contributed by atoms with Gasteiger partial charge in [0.25, 0.3) is 0 Å². The summed E-state index contributed by atoms with van der Waals surface area (Å²) < 4.78 is 6.39. The second kappa shape index (κ2) is 5.10. The number of hydrogen-bond donors (Lipinski definition) is 0. The van der Waals surface area contributed by atoms with Gasteiger partial charge in [-0.05, 0) is 18.2 Å². The van der Waals surface area contributed by atoms with Crippen molar-refractivity contribution >= 4 is 27.3 Å². The molecule has 0 fully saturated rings. The highest BCUT2D eigenvalue weighted by Crippen LogP contribution is 2.23. The smallest absolute Gasteiger partial charge is 0.137 e. The topological polar surface area (TPSA) is 45.9 Å². The Bertz CT molecular complexity index is 519. The lowest BCUT2D eigenvalue weighted by atomic mass is 10.2. The molecule has 0 spiro atoms. The van der Waals surface area contributed by atoms with Crippen LogP contribution in [0.15, 0.2) is 33.6 Å². The van der Waals surface area contributed by atoms with Crippen LogP contribution in [0.1, 0.15) is 11.3 Å². The zero-order valence-corrected chi connectivity index (χ0v) is 10.6. The number of halogens is 1. The number of hydrogen-bond acceptors (Lipinski definition) is 4. The van der Waals surface area contributed by atoms with Gasteiger partial charge in [0.05, 0.1) is 16.8 Å². The van der Waals surface area contributed by atoms with Gasteiger partial charge in [-0.1, -0.05) is 15.9 Å². The molecule has 16 heavy (non-hydrogen) atoms. The van der Waals surface area contributed by atoms with Crippen LogP contribution in [0.4, 0.5) is 0 Å². The SMILES string of the molecule is N#Cc1cc(Br)ccc1OCc1cscn1. The second-order valence-electron chi connectivity index (χ2n) is 3.02. The maximum atomic E-state index is 8.94. The van der Waals surface area contributed by atoms with Gasteiger partial charge >= 0.3 is 0 Å². The summed E-state index contributed by atoms with van der Waals surface area (Å²) in [6.45, 7) is 0.389. The second-order valence-corrected chi connectivity index (χ2v) is 4.66. The molecule has 5 heteroatoms. The summed E-state index contributed by atoms with van der Waals surface area (Å²) in [5, 5.41) is 10.9. The Kier molecular flexibility index (Phi) is 3.54. The van der Waals surface area contributed by atoms with Crippen molar-refractivity contribution in [1.29, 1.82) is 5.26 Å².